The Balaban J connectivity index is 1.87. The molecule has 0 radical (unpaired) electrons. The van der Waals surface area contributed by atoms with Crippen molar-refractivity contribution in [3.63, 3.8) is 0 Å². The Morgan fingerprint density at radius 1 is 1.09 bits per heavy atom. The molecule has 0 N–H and O–H groups in total. The highest BCUT2D eigenvalue weighted by atomic mass is 35.5. The number of halogens is 2. The molecule has 5 rings (SSSR count). The lowest BCUT2D eigenvalue weighted by Gasteiger charge is -2.18. The van der Waals surface area contributed by atoms with Crippen molar-refractivity contribution in [1.82, 2.24) is 18.6 Å². The third kappa shape index (κ3) is 3.38. The average molecular weight is 485 g/mol. The predicted octanol–water partition coefficient (Wildman–Crippen LogP) is 3.07. The van der Waals surface area contributed by atoms with E-state index in [1.165, 1.54) is 23.8 Å². The van der Waals surface area contributed by atoms with E-state index in [1.54, 1.807) is 34.7 Å². The molecule has 176 valence electrons. The highest BCUT2D eigenvalue weighted by molar-refractivity contribution is 6.30. The van der Waals surface area contributed by atoms with Gasteiger partial charge in [-0.25, -0.2) is 13.8 Å². The first kappa shape index (κ1) is 22.2. The van der Waals surface area contributed by atoms with Gasteiger partial charge in [-0.1, -0.05) is 11.6 Å². The number of amides is 1. The Kier molecular flexibility index (Phi) is 5.44. The van der Waals surface area contributed by atoms with Crippen LogP contribution >= 0.6 is 11.6 Å². The smallest absolute Gasteiger partial charge is 0.336 e. The van der Waals surface area contributed by atoms with E-state index in [0.29, 0.717) is 35.3 Å². The van der Waals surface area contributed by atoms with Crippen LogP contribution in [-0.2, 0) is 18.4 Å². The van der Waals surface area contributed by atoms with Gasteiger partial charge in [-0.3, -0.25) is 14.2 Å². The van der Waals surface area contributed by atoms with Crippen molar-refractivity contribution in [1.29, 1.82) is 0 Å². The van der Waals surface area contributed by atoms with Gasteiger partial charge < -0.3 is 14.2 Å². The number of fused-ring (bicyclic) bond motifs is 3. The van der Waals surface area contributed by atoms with Crippen LogP contribution in [0.3, 0.4) is 0 Å². The molecule has 1 aliphatic heterocycles. The van der Waals surface area contributed by atoms with Gasteiger partial charge in [0.1, 0.15) is 23.6 Å². The highest BCUT2D eigenvalue weighted by Crippen LogP contribution is 2.29. The molecule has 4 aromatic rings. The third-order valence-corrected chi connectivity index (χ3v) is 6.68. The molecule has 0 saturated carbocycles. The van der Waals surface area contributed by atoms with Gasteiger partial charge in [-0.05, 0) is 49.2 Å². The zero-order valence-corrected chi connectivity index (χ0v) is 19.4. The fourth-order valence-electron chi connectivity index (χ4n) is 4.66. The average Bonchev–Trinajstić information content (AvgIpc) is 3.46. The fraction of sp³-hybridized carbons (Fsp3) is 0.292. The van der Waals surface area contributed by atoms with E-state index in [9.17, 15) is 18.8 Å². The van der Waals surface area contributed by atoms with E-state index in [-0.39, 0.29) is 28.7 Å². The van der Waals surface area contributed by atoms with Crippen molar-refractivity contribution >= 4 is 39.4 Å². The second-order valence-corrected chi connectivity index (χ2v) is 8.74. The second kappa shape index (κ2) is 8.32. The number of hydrogen-bond donors (Lipinski definition) is 0. The Labute approximate surface area is 198 Å². The molecular weight excluding hydrogens is 463 g/mol. The number of carbonyl (C=O) groups is 1. The van der Waals surface area contributed by atoms with Crippen LogP contribution in [0.2, 0.25) is 5.02 Å². The van der Waals surface area contributed by atoms with Crippen molar-refractivity contribution in [2.75, 3.05) is 20.2 Å². The summed E-state index contributed by atoms with van der Waals surface area (Å²) >= 11 is 5.95. The molecule has 1 saturated heterocycles. The van der Waals surface area contributed by atoms with Crippen LogP contribution < -0.4 is 16.0 Å². The molecule has 0 aliphatic carbocycles. The molecule has 8 nitrogen and oxygen atoms in total. The quantitative estimate of drug-likeness (QED) is 0.446. The number of nitrogens with zero attached hydrogens (tertiary/aromatic N) is 4. The zero-order valence-electron chi connectivity index (χ0n) is 18.7. The topological polar surface area (TPSA) is 78.5 Å². The van der Waals surface area contributed by atoms with E-state index < -0.39 is 17.1 Å². The van der Waals surface area contributed by atoms with Gasteiger partial charge in [0.15, 0.2) is 0 Å². The monoisotopic (exact) mass is 484 g/mol. The molecule has 0 atom stereocenters. The largest absolute Gasteiger partial charge is 0.497 e. The normalized spacial score (nSPS) is 13.8. The number of carbonyl (C=O) groups excluding carboxylic acids is 1. The lowest BCUT2D eigenvalue weighted by molar-refractivity contribution is -0.130. The molecule has 1 amide bonds. The summed E-state index contributed by atoms with van der Waals surface area (Å²) in [5, 5.41) is 0.398. The van der Waals surface area contributed by atoms with Crippen molar-refractivity contribution in [3.05, 3.63) is 68.1 Å². The molecule has 0 bridgehead atoms. The molecular formula is C24H22ClFN4O4. The molecule has 0 unspecified atom stereocenters. The van der Waals surface area contributed by atoms with E-state index >= 15 is 0 Å². The molecule has 2 aromatic carbocycles. The summed E-state index contributed by atoms with van der Waals surface area (Å²) in [7, 11) is 3.25. The SMILES string of the molecule is COc1ccc2c(c1)c1c(c(=O)n(-c3ccc(F)c(Cl)c3)c(=O)n1CC(=O)N1CCCC1)n2C. The van der Waals surface area contributed by atoms with Crippen LogP contribution in [-0.4, -0.2) is 44.7 Å². The Hall–Kier alpha value is -3.59. The summed E-state index contributed by atoms with van der Waals surface area (Å²) in [4.78, 5) is 42.2. The van der Waals surface area contributed by atoms with Gasteiger partial charge in [-0.2, -0.15) is 0 Å². The number of rotatable bonds is 4. The van der Waals surface area contributed by atoms with E-state index in [2.05, 4.69) is 0 Å². The summed E-state index contributed by atoms with van der Waals surface area (Å²) in [6.45, 7) is 1.03. The maximum atomic E-state index is 13.8. The van der Waals surface area contributed by atoms with Crippen molar-refractivity contribution in [2.45, 2.75) is 19.4 Å². The molecule has 0 spiro atoms. The van der Waals surface area contributed by atoms with Crippen LogP contribution in [0.5, 0.6) is 5.75 Å². The second-order valence-electron chi connectivity index (χ2n) is 8.33. The minimum Gasteiger partial charge on any atom is -0.497 e. The summed E-state index contributed by atoms with van der Waals surface area (Å²) < 4.78 is 23.1. The van der Waals surface area contributed by atoms with E-state index in [4.69, 9.17) is 16.3 Å². The number of benzene rings is 2. The van der Waals surface area contributed by atoms with Gasteiger partial charge >= 0.3 is 5.69 Å². The molecule has 2 aromatic heterocycles. The van der Waals surface area contributed by atoms with Crippen molar-refractivity contribution < 1.29 is 13.9 Å². The number of hydrogen-bond acceptors (Lipinski definition) is 4. The fourth-order valence-corrected chi connectivity index (χ4v) is 4.83. The summed E-state index contributed by atoms with van der Waals surface area (Å²) in [6, 6.07) is 8.94. The lowest BCUT2D eigenvalue weighted by Crippen LogP contribution is -2.42. The third-order valence-electron chi connectivity index (χ3n) is 6.39. The molecule has 3 heterocycles. The number of aryl methyl sites for hydroxylation is 1. The summed E-state index contributed by atoms with van der Waals surface area (Å²) in [6.07, 6.45) is 1.82. The predicted molar refractivity (Wildman–Crippen MR) is 128 cm³/mol. The number of ether oxygens (including phenoxy) is 1. The van der Waals surface area contributed by atoms with Gasteiger partial charge in [-0.15, -0.1) is 0 Å². The highest BCUT2D eigenvalue weighted by Gasteiger charge is 2.25. The lowest BCUT2D eigenvalue weighted by atomic mass is 10.2. The first-order chi connectivity index (χ1) is 16.3. The minimum absolute atomic E-state index is 0.119. The molecule has 1 fully saturated rings. The van der Waals surface area contributed by atoms with Gasteiger partial charge in [0.25, 0.3) is 5.56 Å². The van der Waals surface area contributed by atoms with Gasteiger partial charge in [0.05, 0.1) is 28.9 Å². The molecule has 10 heteroatoms. The van der Waals surface area contributed by atoms with Crippen LogP contribution in [0.25, 0.3) is 27.6 Å². The first-order valence-electron chi connectivity index (χ1n) is 10.9. The maximum absolute atomic E-state index is 13.8. The molecule has 1 aliphatic rings. The maximum Gasteiger partial charge on any atom is 0.336 e. The van der Waals surface area contributed by atoms with Gasteiger partial charge in [0.2, 0.25) is 5.91 Å². The van der Waals surface area contributed by atoms with Crippen molar-refractivity contribution in [3.8, 4) is 11.4 Å². The van der Waals surface area contributed by atoms with Crippen LogP contribution in [0.4, 0.5) is 4.39 Å². The minimum atomic E-state index is -0.706. The first-order valence-corrected chi connectivity index (χ1v) is 11.2. The standard InChI is InChI=1S/C24H22ClFN4O4/c1-27-19-8-6-15(34-2)12-16(19)21-22(27)23(32)30(14-5-7-18(26)17(25)11-14)24(33)29(21)13-20(31)28-9-3-4-10-28/h5-8,11-12H,3-4,9-10,13H2,1-2H3. The van der Waals surface area contributed by atoms with E-state index in [1.807, 2.05) is 0 Å². The van der Waals surface area contributed by atoms with Crippen LogP contribution in [0.1, 0.15) is 12.8 Å². The van der Waals surface area contributed by atoms with Crippen LogP contribution in [0.15, 0.2) is 46.0 Å². The Morgan fingerprint density at radius 3 is 2.50 bits per heavy atom. The number of aromatic nitrogens is 3. The van der Waals surface area contributed by atoms with Crippen molar-refractivity contribution in [2.24, 2.45) is 7.05 Å². The summed E-state index contributed by atoms with van der Waals surface area (Å²) in [5.74, 6) is -0.316. The number of methoxy groups -OCH3 is 1. The zero-order chi connectivity index (χ0) is 24.1. The Morgan fingerprint density at radius 2 is 1.82 bits per heavy atom. The summed E-state index contributed by atoms with van der Waals surface area (Å²) in [5.41, 5.74) is 0.104. The van der Waals surface area contributed by atoms with Crippen LogP contribution in [0, 0.1) is 5.82 Å². The molecule has 34 heavy (non-hydrogen) atoms. The van der Waals surface area contributed by atoms with Gasteiger partial charge in [0, 0.05) is 25.5 Å². The van der Waals surface area contributed by atoms with E-state index in [0.717, 1.165) is 23.5 Å². The Bertz CT molecular complexity index is 1580. The number of likely N-dealkylation sites (tertiary alicyclic amines) is 1.